The van der Waals surface area contributed by atoms with Crippen molar-refractivity contribution >= 4 is 39.7 Å². The van der Waals surface area contributed by atoms with E-state index in [1.807, 2.05) is 0 Å². The second-order valence-electron chi connectivity index (χ2n) is 2.70. The maximum atomic E-state index is 10.8. The van der Waals surface area contributed by atoms with E-state index in [-0.39, 0.29) is 34.5 Å². The van der Waals surface area contributed by atoms with Gasteiger partial charge in [-0.15, -0.1) is 0 Å². The summed E-state index contributed by atoms with van der Waals surface area (Å²) >= 11 is 0. The van der Waals surface area contributed by atoms with Gasteiger partial charge in [0.15, 0.2) is 0 Å². The molecule has 0 fully saturated rings. The van der Waals surface area contributed by atoms with E-state index in [4.69, 9.17) is 4.55 Å². The molecule has 1 aromatic carbocycles. The first kappa shape index (κ1) is 13.1. The zero-order valence-corrected chi connectivity index (χ0v) is 7.72. The van der Waals surface area contributed by atoms with Crippen LogP contribution in [-0.2, 0) is 10.1 Å². The van der Waals surface area contributed by atoms with Crippen molar-refractivity contribution in [2.75, 3.05) is 0 Å². The van der Waals surface area contributed by atoms with Crippen LogP contribution in [0.1, 0.15) is 11.1 Å². The van der Waals surface area contributed by atoms with Crippen molar-refractivity contribution in [1.82, 2.24) is 0 Å². The second-order valence-corrected chi connectivity index (χ2v) is 4.05. The van der Waals surface area contributed by atoms with Gasteiger partial charge in [-0.2, -0.15) is 8.42 Å². The average molecular weight is 210 g/mol. The summed E-state index contributed by atoms with van der Waals surface area (Å²) in [6.07, 6.45) is 0. The molecule has 13 heavy (non-hydrogen) atoms. The maximum absolute atomic E-state index is 10.8. The van der Waals surface area contributed by atoms with Crippen LogP contribution >= 0.6 is 0 Å². The molecule has 0 aliphatic rings. The zero-order chi connectivity index (χ0) is 9.35. The minimum atomic E-state index is -4.06. The molecule has 0 aromatic heterocycles. The van der Waals surface area contributed by atoms with Crippen LogP contribution < -0.4 is 0 Å². The molecule has 3 nitrogen and oxygen atoms in total. The van der Waals surface area contributed by atoms with Gasteiger partial charge in [-0.3, -0.25) is 4.55 Å². The summed E-state index contributed by atoms with van der Waals surface area (Å²) in [7, 11) is -4.06. The Morgan fingerprint density at radius 2 is 1.54 bits per heavy atom. The second kappa shape index (κ2) is 4.57. The standard InChI is InChI=1S/C8H10O3S.Na.H/c1-6-4-3-5-7(2)8(6)12(9,10)11;;/h3-5H,1-2H3,(H,9,10,11);;. The van der Waals surface area contributed by atoms with Gasteiger partial charge in [0.2, 0.25) is 0 Å². The molecule has 0 radical (unpaired) electrons. The molecule has 5 heteroatoms. The molecule has 0 aliphatic carbocycles. The van der Waals surface area contributed by atoms with Crippen molar-refractivity contribution in [3.63, 3.8) is 0 Å². The van der Waals surface area contributed by atoms with E-state index in [0.717, 1.165) is 0 Å². The quantitative estimate of drug-likeness (QED) is 0.553. The van der Waals surface area contributed by atoms with Crippen molar-refractivity contribution in [3.8, 4) is 0 Å². The number of aryl methyl sites for hydroxylation is 2. The van der Waals surface area contributed by atoms with Gasteiger partial charge in [0.05, 0.1) is 4.90 Å². The minimum absolute atomic E-state index is 0. The van der Waals surface area contributed by atoms with E-state index < -0.39 is 10.1 Å². The molecule has 1 N–H and O–H groups in total. The normalized spacial score (nSPS) is 10.7. The van der Waals surface area contributed by atoms with E-state index in [2.05, 4.69) is 0 Å². The first-order chi connectivity index (χ1) is 5.43. The molecule has 0 saturated carbocycles. The van der Waals surface area contributed by atoms with Crippen LogP contribution in [-0.4, -0.2) is 42.5 Å². The first-order valence-electron chi connectivity index (χ1n) is 3.46. The van der Waals surface area contributed by atoms with E-state index >= 15 is 0 Å². The van der Waals surface area contributed by atoms with Gasteiger partial charge in [-0.25, -0.2) is 0 Å². The third-order valence-electron chi connectivity index (χ3n) is 1.67. The van der Waals surface area contributed by atoms with Gasteiger partial charge in [0.1, 0.15) is 0 Å². The summed E-state index contributed by atoms with van der Waals surface area (Å²) in [5, 5.41) is 0. The molecular formula is C8H11NaO3S. The molecular weight excluding hydrogens is 199 g/mol. The first-order valence-corrected chi connectivity index (χ1v) is 4.90. The number of hydrogen-bond acceptors (Lipinski definition) is 2. The molecule has 68 valence electrons. The molecule has 1 rings (SSSR count). The molecule has 0 atom stereocenters. The Morgan fingerprint density at radius 3 is 1.77 bits per heavy atom. The summed E-state index contributed by atoms with van der Waals surface area (Å²) < 4.78 is 30.5. The van der Waals surface area contributed by atoms with Crippen LogP contribution in [0.25, 0.3) is 0 Å². The Bertz CT molecular complexity index is 378. The molecule has 0 aliphatic heterocycles. The fraction of sp³-hybridized carbons (Fsp3) is 0.250. The fourth-order valence-electron chi connectivity index (χ4n) is 1.21. The Morgan fingerprint density at radius 1 is 1.15 bits per heavy atom. The van der Waals surface area contributed by atoms with Crippen LogP contribution in [0.2, 0.25) is 0 Å². The molecule has 0 amide bonds. The Hall–Kier alpha value is 0.130. The van der Waals surface area contributed by atoms with Crippen molar-refractivity contribution in [3.05, 3.63) is 29.3 Å². The van der Waals surface area contributed by atoms with Gasteiger partial charge in [0.25, 0.3) is 10.1 Å². The third-order valence-corrected chi connectivity index (χ3v) is 2.83. The van der Waals surface area contributed by atoms with Crippen LogP contribution in [0, 0.1) is 13.8 Å². The van der Waals surface area contributed by atoms with Crippen LogP contribution in [0.4, 0.5) is 0 Å². The summed E-state index contributed by atoms with van der Waals surface area (Å²) in [6, 6.07) is 5.05. The Balaban J connectivity index is 0.00000144. The summed E-state index contributed by atoms with van der Waals surface area (Å²) in [5.74, 6) is 0. The Labute approximate surface area is 100 Å². The summed E-state index contributed by atoms with van der Waals surface area (Å²) in [6.45, 7) is 3.30. The van der Waals surface area contributed by atoms with Crippen LogP contribution in [0.5, 0.6) is 0 Å². The van der Waals surface area contributed by atoms with Gasteiger partial charge in [-0.1, -0.05) is 18.2 Å². The van der Waals surface area contributed by atoms with Crippen LogP contribution in [0.15, 0.2) is 23.1 Å². The number of rotatable bonds is 1. The predicted molar refractivity (Wildman–Crippen MR) is 52.9 cm³/mol. The molecule has 0 saturated heterocycles. The average Bonchev–Trinajstić information content (AvgIpc) is 1.82. The monoisotopic (exact) mass is 210 g/mol. The van der Waals surface area contributed by atoms with Crippen molar-refractivity contribution in [1.29, 1.82) is 0 Å². The van der Waals surface area contributed by atoms with Crippen LogP contribution in [0.3, 0.4) is 0 Å². The number of hydrogen-bond donors (Lipinski definition) is 1. The van der Waals surface area contributed by atoms with E-state index in [1.54, 1.807) is 32.0 Å². The van der Waals surface area contributed by atoms with Gasteiger partial charge >= 0.3 is 29.6 Å². The molecule has 0 heterocycles. The van der Waals surface area contributed by atoms with Gasteiger partial charge < -0.3 is 0 Å². The van der Waals surface area contributed by atoms with E-state index in [1.165, 1.54) is 0 Å². The molecule has 1 aromatic rings. The topological polar surface area (TPSA) is 54.4 Å². The fourth-order valence-corrected chi connectivity index (χ4v) is 2.16. The van der Waals surface area contributed by atoms with Gasteiger partial charge in [0, 0.05) is 0 Å². The van der Waals surface area contributed by atoms with Crippen molar-refractivity contribution < 1.29 is 13.0 Å². The zero-order valence-electron chi connectivity index (χ0n) is 6.90. The summed E-state index contributed by atoms with van der Waals surface area (Å²) in [4.78, 5) is 0.0185. The number of benzene rings is 1. The van der Waals surface area contributed by atoms with Gasteiger partial charge in [-0.05, 0) is 25.0 Å². The Kier molecular flexibility index (Phi) is 4.62. The van der Waals surface area contributed by atoms with Crippen molar-refractivity contribution in [2.24, 2.45) is 0 Å². The van der Waals surface area contributed by atoms with Crippen molar-refractivity contribution in [2.45, 2.75) is 18.7 Å². The van der Waals surface area contributed by atoms with E-state index in [0.29, 0.717) is 11.1 Å². The SMILES string of the molecule is Cc1cccc(C)c1S(=O)(=O)O.[NaH]. The summed E-state index contributed by atoms with van der Waals surface area (Å²) in [5.41, 5.74) is 1.13. The molecule has 0 bridgehead atoms. The molecule has 0 unspecified atom stereocenters. The molecule has 0 spiro atoms. The third kappa shape index (κ3) is 3.07. The van der Waals surface area contributed by atoms with E-state index in [9.17, 15) is 8.42 Å². The predicted octanol–water partition coefficient (Wildman–Crippen LogP) is 0.902.